The maximum Gasteiger partial charge on any atom is 0.318 e. The van der Waals surface area contributed by atoms with Crippen molar-refractivity contribution < 1.29 is 22.3 Å². The number of hydrogen-bond donors (Lipinski definition) is 1. The van der Waals surface area contributed by atoms with Gasteiger partial charge in [0, 0.05) is 25.7 Å². The van der Waals surface area contributed by atoms with E-state index in [4.69, 9.17) is 4.74 Å². The molecule has 2 heterocycles. The lowest BCUT2D eigenvalue weighted by molar-refractivity contribution is 0.0790. The van der Waals surface area contributed by atoms with Gasteiger partial charge in [0.05, 0.1) is 17.6 Å². The zero-order valence-corrected chi connectivity index (χ0v) is 14.8. The van der Waals surface area contributed by atoms with Gasteiger partial charge in [-0.1, -0.05) is 12.1 Å². The van der Waals surface area contributed by atoms with E-state index in [1.807, 2.05) is 0 Å². The molecule has 2 amide bonds. The highest BCUT2D eigenvalue weighted by molar-refractivity contribution is 7.91. The predicted molar refractivity (Wildman–Crippen MR) is 91.4 cm³/mol. The normalized spacial score (nSPS) is 25.0. The van der Waals surface area contributed by atoms with Gasteiger partial charge in [-0.3, -0.25) is 0 Å². The van der Waals surface area contributed by atoms with Crippen molar-refractivity contribution in [3.63, 3.8) is 0 Å². The van der Waals surface area contributed by atoms with Crippen molar-refractivity contribution >= 4 is 15.9 Å². The summed E-state index contributed by atoms with van der Waals surface area (Å²) in [7, 11) is -3.06. The van der Waals surface area contributed by atoms with E-state index in [0.29, 0.717) is 25.1 Å². The number of carbonyl (C=O) groups is 1. The lowest BCUT2D eigenvalue weighted by atomic mass is 10.2. The molecule has 25 heavy (non-hydrogen) atoms. The Hall–Kier alpha value is -1.67. The molecule has 0 bridgehead atoms. The molecule has 138 valence electrons. The Bertz CT molecular complexity index is 719. The number of sulfone groups is 1. The molecule has 2 saturated heterocycles. The summed E-state index contributed by atoms with van der Waals surface area (Å²) in [6.45, 7) is 1.34. The molecule has 0 unspecified atom stereocenters. The fourth-order valence-corrected chi connectivity index (χ4v) is 4.96. The molecular formula is C17H23FN2O4S. The van der Waals surface area contributed by atoms with Crippen molar-refractivity contribution in [1.29, 1.82) is 0 Å². The molecule has 1 N–H and O–H groups in total. The summed E-state index contributed by atoms with van der Waals surface area (Å²) in [6, 6.07) is 5.43. The zero-order valence-electron chi connectivity index (χ0n) is 14.0. The lowest BCUT2D eigenvalue weighted by Gasteiger charge is -2.27. The standard InChI is InChI=1S/C17H23FN2O4S/c18-14-4-1-3-13(9-14)10-20(11-16-5-2-7-24-16)17(21)19-15-6-8-25(22,23)12-15/h1,3-4,9,15-16H,2,5-8,10-12H2,(H,19,21)/t15-,16-/m0/s1. The van der Waals surface area contributed by atoms with Crippen molar-refractivity contribution in [2.45, 2.75) is 38.0 Å². The van der Waals surface area contributed by atoms with E-state index < -0.39 is 9.84 Å². The molecule has 0 saturated carbocycles. The number of ether oxygens (including phenoxy) is 1. The van der Waals surface area contributed by atoms with Crippen molar-refractivity contribution in [3.05, 3.63) is 35.6 Å². The van der Waals surface area contributed by atoms with Crippen LogP contribution < -0.4 is 5.32 Å². The highest BCUT2D eigenvalue weighted by Gasteiger charge is 2.31. The minimum atomic E-state index is -3.06. The molecule has 0 spiro atoms. The Morgan fingerprint density at radius 3 is 2.84 bits per heavy atom. The first-order valence-electron chi connectivity index (χ1n) is 8.53. The Balaban J connectivity index is 1.67. The third-order valence-corrected chi connectivity index (χ3v) is 6.33. The number of hydrogen-bond acceptors (Lipinski definition) is 4. The summed E-state index contributed by atoms with van der Waals surface area (Å²) in [4.78, 5) is 14.2. The van der Waals surface area contributed by atoms with Gasteiger partial charge in [0.25, 0.3) is 0 Å². The molecule has 1 aromatic carbocycles. The molecule has 0 aromatic heterocycles. The van der Waals surface area contributed by atoms with Gasteiger partial charge in [-0.25, -0.2) is 17.6 Å². The van der Waals surface area contributed by atoms with Crippen LogP contribution in [0.3, 0.4) is 0 Å². The molecule has 6 nitrogen and oxygen atoms in total. The number of carbonyl (C=O) groups excluding carboxylic acids is 1. The van der Waals surface area contributed by atoms with Gasteiger partial charge < -0.3 is 15.0 Å². The monoisotopic (exact) mass is 370 g/mol. The van der Waals surface area contributed by atoms with Crippen LogP contribution in [-0.4, -0.2) is 56.2 Å². The van der Waals surface area contributed by atoms with Crippen molar-refractivity contribution in [1.82, 2.24) is 10.2 Å². The summed E-state index contributed by atoms with van der Waals surface area (Å²) < 4.78 is 42.2. The molecule has 2 aliphatic heterocycles. The number of rotatable bonds is 5. The molecule has 0 aliphatic carbocycles. The third kappa shape index (κ3) is 5.15. The van der Waals surface area contributed by atoms with Crippen LogP contribution in [-0.2, 0) is 21.1 Å². The number of amides is 2. The van der Waals surface area contributed by atoms with Crippen LogP contribution in [0.25, 0.3) is 0 Å². The average molecular weight is 370 g/mol. The lowest BCUT2D eigenvalue weighted by Crippen LogP contribution is -2.47. The van der Waals surface area contributed by atoms with Gasteiger partial charge in [0.2, 0.25) is 0 Å². The van der Waals surface area contributed by atoms with Gasteiger partial charge in [-0.05, 0) is 37.0 Å². The number of nitrogens with one attached hydrogen (secondary N) is 1. The van der Waals surface area contributed by atoms with Gasteiger partial charge in [0.15, 0.2) is 9.84 Å². The van der Waals surface area contributed by atoms with Crippen molar-refractivity contribution in [2.24, 2.45) is 0 Å². The SMILES string of the molecule is O=C(N[C@H]1CCS(=O)(=O)C1)N(Cc1cccc(F)c1)C[C@@H]1CCCO1. The second kappa shape index (κ2) is 7.70. The van der Waals surface area contributed by atoms with Gasteiger partial charge in [-0.15, -0.1) is 0 Å². The van der Waals surface area contributed by atoms with E-state index in [1.54, 1.807) is 17.0 Å². The molecule has 2 atom stereocenters. The van der Waals surface area contributed by atoms with E-state index in [1.165, 1.54) is 12.1 Å². The second-order valence-corrected chi connectivity index (χ2v) is 8.92. The summed E-state index contributed by atoms with van der Waals surface area (Å²) in [5, 5.41) is 2.80. The van der Waals surface area contributed by atoms with Crippen LogP contribution in [0, 0.1) is 5.82 Å². The van der Waals surface area contributed by atoms with Crippen LogP contribution in [0.1, 0.15) is 24.8 Å². The van der Waals surface area contributed by atoms with E-state index >= 15 is 0 Å². The Labute approximate surface area is 147 Å². The summed E-state index contributed by atoms with van der Waals surface area (Å²) in [6.07, 6.45) is 2.24. The molecule has 0 radical (unpaired) electrons. The molecule has 1 aromatic rings. The topological polar surface area (TPSA) is 75.7 Å². The minimum absolute atomic E-state index is 0.0214. The average Bonchev–Trinajstić information content (AvgIpc) is 3.16. The van der Waals surface area contributed by atoms with Gasteiger partial charge >= 0.3 is 6.03 Å². The number of nitrogens with zero attached hydrogens (tertiary/aromatic N) is 1. The fraction of sp³-hybridized carbons (Fsp3) is 0.588. The third-order valence-electron chi connectivity index (χ3n) is 4.56. The zero-order chi connectivity index (χ0) is 17.9. The van der Waals surface area contributed by atoms with E-state index in [-0.39, 0.29) is 42.0 Å². The summed E-state index contributed by atoms with van der Waals surface area (Å²) >= 11 is 0. The van der Waals surface area contributed by atoms with E-state index in [9.17, 15) is 17.6 Å². The molecule has 2 aliphatic rings. The minimum Gasteiger partial charge on any atom is -0.376 e. The Kier molecular flexibility index (Phi) is 5.58. The van der Waals surface area contributed by atoms with Crippen LogP contribution in [0.15, 0.2) is 24.3 Å². The second-order valence-electron chi connectivity index (χ2n) is 6.69. The molecular weight excluding hydrogens is 347 g/mol. The van der Waals surface area contributed by atoms with Gasteiger partial charge in [-0.2, -0.15) is 0 Å². The van der Waals surface area contributed by atoms with Crippen LogP contribution in [0.2, 0.25) is 0 Å². The fourth-order valence-electron chi connectivity index (χ4n) is 3.28. The quantitative estimate of drug-likeness (QED) is 0.856. The first-order chi connectivity index (χ1) is 11.9. The Morgan fingerprint density at radius 2 is 2.20 bits per heavy atom. The summed E-state index contributed by atoms with van der Waals surface area (Å²) in [5.74, 6) is -0.267. The summed E-state index contributed by atoms with van der Waals surface area (Å²) in [5.41, 5.74) is 0.687. The number of urea groups is 1. The molecule has 2 fully saturated rings. The van der Waals surface area contributed by atoms with Crippen molar-refractivity contribution in [2.75, 3.05) is 24.7 Å². The van der Waals surface area contributed by atoms with E-state index in [0.717, 1.165) is 12.8 Å². The molecule has 8 heteroatoms. The maximum atomic E-state index is 13.4. The van der Waals surface area contributed by atoms with Crippen LogP contribution in [0.5, 0.6) is 0 Å². The van der Waals surface area contributed by atoms with Gasteiger partial charge in [0.1, 0.15) is 5.82 Å². The highest BCUT2D eigenvalue weighted by Crippen LogP contribution is 2.17. The predicted octanol–water partition coefficient (Wildman–Crippen LogP) is 1.70. The number of halogens is 1. The maximum absolute atomic E-state index is 13.4. The Morgan fingerprint density at radius 1 is 1.36 bits per heavy atom. The highest BCUT2D eigenvalue weighted by atomic mass is 32.2. The first-order valence-corrected chi connectivity index (χ1v) is 10.4. The largest absolute Gasteiger partial charge is 0.376 e. The molecule has 3 rings (SSSR count). The van der Waals surface area contributed by atoms with E-state index in [2.05, 4.69) is 5.32 Å². The van der Waals surface area contributed by atoms with Crippen LogP contribution >= 0.6 is 0 Å². The van der Waals surface area contributed by atoms with Crippen LogP contribution in [0.4, 0.5) is 9.18 Å². The van der Waals surface area contributed by atoms with Crippen molar-refractivity contribution in [3.8, 4) is 0 Å². The smallest absolute Gasteiger partial charge is 0.318 e. The first kappa shape index (κ1) is 18.1. The number of benzene rings is 1.